The first-order chi connectivity index (χ1) is 9.72. The lowest BCUT2D eigenvalue weighted by Gasteiger charge is -2.26. The number of hydrogen-bond acceptors (Lipinski definition) is 4. The number of benzene rings is 1. The van der Waals surface area contributed by atoms with Crippen LogP contribution in [0.1, 0.15) is 24.2 Å². The summed E-state index contributed by atoms with van der Waals surface area (Å²) in [6.45, 7) is 8.09. The predicted molar refractivity (Wildman–Crippen MR) is 84.7 cm³/mol. The number of nitrogens with zero attached hydrogens (tertiary/aromatic N) is 1. The quantitative estimate of drug-likeness (QED) is 0.483. The molecule has 0 fully saturated rings. The average Bonchev–Trinajstić information content (AvgIpc) is 2.46. The number of anilines is 1. The smallest absolute Gasteiger partial charge is 0.152 e. The molecule has 0 saturated carbocycles. The van der Waals surface area contributed by atoms with Crippen LogP contribution in [0.4, 0.5) is 5.69 Å². The molecule has 0 bridgehead atoms. The van der Waals surface area contributed by atoms with Crippen LogP contribution in [-0.4, -0.2) is 45.8 Å². The Balaban J connectivity index is 2.81. The average molecular weight is 344 g/mol. The SMILES string of the molecule is CCOCCN(CCOCC)c1ccc(Br)cc1C=O. The molecule has 0 radical (unpaired) electrons. The van der Waals surface area contributed by atoms with Crippen molar-refractivity contribution < 1.29 is 14.3 Å². The van der Waals surface area contributed by atoms with Crippen molar-refractivity contribution in [3.8, 4) is 0 Å². The Morgan fingerprint density at radius 2 is 1.75 bits per heavy atom. The van der Waals surface area contributed by atoms with Gasteiger partial charge in [0.15, 0.2) is 6.29 Å². The fourth-order valence-corrected chi connectivity index (χ4v) is 2.28. The van der Waals surface area contributed by atoms with Crippen molar-refractivity contribution in [3.63, 3.8) is 0 Å². The lowest BCUT2D eigenvalue weighted by molar-refractivity contribution is 0.112. The second-order valence-corrected chi connectivity index (χ2v) is 5.12. The van der Waals surface area contributed by atoms with E-state index >= 15 is 0 Å². The summed E-state index contributed by atoms with van der Waals surface area (Å²) < 4.78 is 11.7. The van der Waals surface area contributed by atoms with E-state index < -0.39 is 0 Å². The van der Waals surface area contributed by atoms with Gasteiger partial charge in [0.05, 0.1) is 13.2 Å². The van der Waals surface area contributed by atoms with E-state index in [1.165, 1.54) is 0 Å². The molecule has 0 aliphatic rings. The number of aldehydes is 1. The molecule has 0 saturated heterocycles. The summed E-state index contributed by atoms with van der Waals surface area (Å²) in [5, 5.41) is 0. The first-order valence-electron chi connectivity index (χ1n) is 6.88. The molecule has 0 heterocycles. The molecule has 0 spiro atoms. The summed E-state index contributed by atoms with van der Waals surface area (Å²) >= 11 is 3.39. The van der Waals surface area contributed by atoms with E-state index in [9.17, 15) is 4.79 Å². The standard InChI is InChI=1S/C15H22BrNO3/c1-3-19-9-7-17(8-10-20-4-2)15-6-5-14(16)11-13(15)12-18/h5-6,11-12H,3-4,7-10H2,1-2H3. The monoisotopic (exact) mass is 343 g/mol. The molecular weight excluding hydrogens is 322 g/mol. The molecule has 20 heavy (non-hydrogen) atoms. The van der Waals surface area contributed by atoms with Gasteiger partial charge in [-0.05, 0) is 32.0 Å². The van der Waals surface area contributed by atoms with Crippen LogP contribution < -0.4 is 4.90 Å². The predicted octanol–water partition coefficient (Wildman–Crippen LogP) is 3.14. The fraction of sp³-hybridized carbons (Fsp3) is 0.533. The summed E-state index contributed by atoms with van der Waals surface area (Å²) in [7, 11) is 0. The zero-order chi connectivity index (χ0) is 14.8. The number of ether oxygens (including phenoxy) is 2. The van der Waals surface area contributed by atoms with Gasteiger partial charge in [-0.1, -0.05) is 15.9 Å². The van der Waals surface area contributed by atoms with Crippen molar-refractivity contribution in [1.29, 1.82) is 0 Å². The third kappa shape index (κ3) is 5.61. The van der Waals surface area contributed by atoms with Crippen LogP contribution in [0.5, 0.6) is 0 Å². The summed E-state index contributed by atoms with van der Waals surface area (Å²) in [6, 6.07) is 5.72. The highest BCUT2D eigenvalue weighted by Crippen LogP contribution is 2.23. The summed E-state index contributed by atoms with van der Waals surface area (Å²) in [5.74, 6) is 0. The summed E-state index contributed by atoms with van der Waals surface area (Å²) in [4.78, 5) is 13.4. The lowest BCUT2D eigenvalue weighted by Crippen LogP contribution is -2.31. The van der Waals surface area contributed by atoms with Gasteiger partial charge in [-0.25, -0.2) is 0 Å². The van der Waals surface area contributed by atoms with Crippen molar-refractivity contribution in [1.82, 2.24) is 0 Å². The van der Waals surface area contributed by atoms with E-state index in [-0.39, 0.29) is 0 Å². The minimum atomic E-state index is 0.636. The van der Waals surface area contributed by atoms with Crippen molar-refractivity contribution in [3.05, 3.63) is 28.2 Å². The number of halogens is 1. The molecule has 0 aliphatic carbocycles. The molecule has 0 aromatic heterocycles. The molecule has 1 aromatic carbocycles. The van der Waals surface area contributed by atoms with E-state index in [2.05, 4.69) is 20.8 Å². The Kier molecular flexibility index (Phi) is 8.49. The van der Waals surface area contributed by atoms with Gasteiger partial charge < -0.3 is 14.4 Å². The van der Waals surface area contributed by atoms with E-state index in [1.54, 1.807) is 0 Å². The van der Waals surface area contributed by atoms with Gasteiger partial charge >= 0.3 is 0 Å². The van der Waals surface area contributed by atoms with Crippen LogP contribution in [0, 0.1) is 0 Å². The van der Waals surface area contributed by atoms with Crippen LogP contribution in [0.25, 0.3) is 0 Å². The van der Waals surface area contributed by atoms with Gasteiger partial charge in [-0.15, -0.1) is 0 Å². The van der Waals surface area contributed by atoms with Crippen molar-refractivity contribution in [2.24, 2.45) is 0 Å². The van der Waals surface area contributed by atoms with Gasteiger partial charge in [-0.2, -0.15) is 0 Å². The summed E-state index contributed by atoms with van der Waals surface area (Å²) in [6.07, 6.45) is 0.883. The molecule has 112 valence electrons. The third-order valence-corrected chi connectivity index (χ3v) is 3.37. The maximum atomic E-state index is 11.2. The number of carbonyl (C=O) groups excluding carboxylic acids is 1. The van der Waals surface area contributed by atoms with Crippen LogP contribution in [0.2, 0.25) is 0 Å². The van der Waals surface area contributed by atoms with Crippen molar-refractivity contribution in [2.45, 2.75) is 13.8 Å². The Morgan fingerprint density at radius 1 is 1.15 bits per heavy atom. The first kappa shape index (κ1) is 17.1. The van der Waals surface area contributed by atoms with E-state index in [0.29, 0.717) is 32.0 Å². The molecule has 0 amide bonds. The van der Waals surface area contributed by atoms with Crippen LogP contribution >= 0.6 is 15.9 Å². The molecule has 4 nitrogen and oxygen atoms in total. The molecular formula is C15H22BrNO3. The number of rotatable bonds is 10. The van der Waals surface area contributed by atoms with E-state index in [1.807, 2.05) is 32.0 Å². The Morgan fingerprint density at radius 3 is 2.25 bits per heavy atom. The summed E-state index contributed by atoms with van der Waals surface area (Å²) in [5.41, 5.74) is 1.59. The highest BCUT2D eigenvalue weighted by molar-refractivity contribution is 9.10. The van der Waals surface area contributed by atoms with E-state index in [0.717, 1.165) is 29.5 Å². The van der Waals surface area contributed by atoms with Gasteiger partial charge in [0.1, 0.15) is 0 Å². The molecule has 0 aliphatic heterocycles. The van der Waals surface area contributed by atoms with Gasteiger partial charge in [0.2, 0.25) is 0 Å². The number of hydrogen-bond donors (Lipinski definition) is 0. The van der Waals surface area contributed by atoms with Crippen molar-refractivity contribution in [2.75, 3.05) is 44.4 Å². The highest BCUT2D eigenvalue weighted by atomic mass is 79.9. The highest BCUT2D eigenvalue weighted by Gasteiger charge is 2.11. The van der Waals surface area contributed by atoms with Crippen LogP contribution in [-0.2, 0) is 9.47 Å². The molecule has 0 N–H and O–H groups in total. The number of carbonyl (C=O) groups is 1. The molecule has 0 atom stereocenters. The molecule has 1 rings (SSSR count). The van der Waals surface area contributed by atoms with E-state index in [4.69, 9.17) is 9.47 Å². The molecule has 1 aromatic rings. The maximum absolute atomic E-state index is 11.2. The first-order valence-corrected chi connectivity index (χ1v) is 7.67. The van der Waals surface area contributed by atoms with Gasteiger partial charge in [0, 0.05) is 42.0 Å². The van der Waals surface area contributed by atoms with Crippen LogP contribution in [0.3, 0.4) is 0 Å². The molecule has 0 unspecified atom stereocenters. The Hall–Kier alpha value is -0.910. The Bertz CT molecular complexity index is 402. The van der Waals surface area contributed by atoms with Gasteiger partial charge in [0.25, 0.3) is 0 Å². The zero-order valence-electron chi connectivity index (χ0n) is 12.1. The zero-order valence-corrected chi connectivity index (χ0v) is 13.7. The Labute approximate surface area is 129 Å². The second kappa shape index (κ2) is 9.91. The van der Waals surface area contributed by atoms with Crippen LogP contribution in [0.15, 0.2) is 22.7 Å². The maximum Gasteiger partial charge on any atom is 0.152 e. The lowest BCUT2D eigenvalue weighted by atomic mass is 10.1. The second-order valence-electron chi connectivity index (χ2n) is 4.20. The minimum absolute atomic E-state index is 0.636. The molecule has 5 heteroatoms. The third-order valence-electron chi connectivity index (χ3n) is 2.88. The normalized spacial score (nSPS) is 10.6. The van der Waals surface area contributed by atoms with Crippen molar-refractivity contribution >= 4 is 27.9 Å². The largest absolute Gasteiger partial charge is 0.380 e. The van der Waals surface area contributed by atoms with Gasteiger partial charge in [-0.3, -0.25) is 4.79 Å². The topological polar surface area (TPSA) is 38.8 Å². The fourth-order valence-electron chi connectivity index (χ4n) is 1.90. The minimum Gasteiger partial charge on any atom is -0.380 e.